The first-order chi connectivity index (χ1) is 10.7. The van der Waals surface area contributed by atoms with Gasteiger partial charge in [-0.1, -0.05) is 39.8 Å². The molecular formula is C17H25N3O2. The number of nitrogens with zero attached hydrogens (tertiary/aromatic N) is 2. The summed E-state index contributed by atoms with van der Waals surface area (Å²) < 4.78 is 5.21. The number of ether oxygens (including phenoxy) is 1. The average Bonchev–Trinajstić information content (AvgIpc) is 2.59. The van der Waals surface area contributed by atoms with Crippen molar-refractivity contribution in [3.8, 4) is 5.75 Å². The number of anilines is 2. The van der Waals surface area contributed by atoms with Gasteiger partial charge in [0.15, 0.2) is 11.6 Å². The quantitative estimate of drug-likeness (QED) is 0.843. The Morgan fingerprint density at radius 3 is 2.14 bits per heavy atom. The van der Waals surface area contributed by atoms with Gasteiger partial charge in [0.2, 0.25) is 0 Å². The Morgan fingerprint density at radius 1 is 1.00 bits per heavy atom. The fraction of sp³-hybridized carbons (Fsp3) is 0.353. The molecule has 0 bridgehead atoms. The second kappa shape index (κ2) is 11.3. The molecule has 1 aromatic carbocycles. The highest BCUT2D eigenvalue weighted by atomic mass is 16.5. The Bertz CT molecular complexity index is 554. The average molecular weight is 303 g/mol. The molecule has 5 nitrogen and oxygen atoms in total. The summed E-state index contributed by atoms with van der Waals surface area (Å²) in [6.45, 7) is 9.46. The summed E-state index contributed by atoms with van der Waals surface area (Å²) in [5, 5.41) is 10.8. The number of Topliss-reactive ketones (excluding diaryl/α,β-unsaturated/α-hetero) is 1. The molecule has 0 amide bonds. The number of aromatic nitrogens is 2. The van der Waals surface area contributed by atoms with Gasteiger partial charge in [0, 0.05) is 6.92 Å². The maximum Gasteiger partial charge on any atom is 0.180 e. The lowest BCUT2D eigenvalue weighted by atomic mass is 10.3. The van der Waals surface area contributed by atoms with Crippen LogP contribution in [-0.2, 0) is 0 Å². The second-order valence-corrected chi connectivity index (χ2v) is 3.69. The van der Waals surface area contributed by atoms with Crippen molar-refractivity contribution in [3.63, 3.8) is 0 Å². The van der Waals surface area contributed by atoms with Crippen molar-refractivity contribution in [2.75, 3.05) is 12.4 Å². The van der Waals surface area contributed by atoms with Gasteiger partial charge in [-0.15, -0.1) is 10.2 Å². The molecule has 2 rings (SSSR count). The zero-order valence-electron chi connectivity index (χ0n) is 14.2. The number of carbonyl (C=O) groups is 1. The van der Waals surface area contributed by atoms with Crippen LogP contribution in [-0.4, -0.2) is 23.1 Å². The van der Waals surface area contributed by atoms with E-state index in [0.717, 1.165) is 11.4 Å². The normalized spacial score (nSPS) is 8.64. The number of methoxy groups -OCH3 is 1. The third-order valence-electron chi connectivity index (χ3n) is 2.39. The molecule has 0 spiro atoms. The van der Waals surface area contributed by atoms with Crippen LogP contribution in [0.2, 0.25) is 0 Å². The van der Waals surface area contributed by atoms with E-state index in [1.807, 2.05) is 52.0 Å². The zero-order chi connectivity index (χ0) is 17.0. The highest BCUT2D eigenvalue weighted by Gasteiger charge is 2.05. The van der Waals surface area contributed by atoms with E-state index in [-0.39, 0.29) is 5.78 Å². The van der Waals surface area contributed by atoms with Gasteiger partial charge in [0.1, 0.15) is 11.4 Å². The first kappa shape index (κ1) is 19.6. The van der Waals surface area contributed by atoms with Crippen LogP contribution in [0.25, 0.3) is 0 Å². The minimum absolute atomic E-state index is 0.105. The second-order valence-electron chi connectivity index (χ2n) is 3.69. The van der Waals surface area contributed by atoms with Crippen molar-refractivity contribution in [2.24, 2.45) is 0 Å². The van der Waals surface area contributed by atoms with Crippen molar-refractivity contribution in [3.05, 3.63) is 42.1 Å². The van der Waals surface area contributed by atoms with E-state index in [9.17, 15) is 4.79 Å². The lowest BCUT2D eigenvalue weighted by Crippen LogP contribution is -2.02. The maximum absolute atomic E-state index is 11.1. The molecule has 120 valence electrons. The Morgan fingerprint density at radius 2 is 1.64 bits per heavy atom. The van der Waals surface area contributed by atoms with Gasteiger partial charge in [-0.25, -0.2) is 0 Å². The summed E-state index contributed by atoms with van der Waals surface area (Å²) in [7, 11) is 1.60. The Hall–Kier alpha value is -2.43. The van der Waals surface area contributed by atoms with E-state index >= 15 is 0 Å². The van der Waals surface area contributed by atoms with Gasteiger partial charge in [-0.2, -0.15) is 0 Å². The van der Waals surface area contributed by atoms with Crippen molar-refractivity contribution >= 4 is 17.3 Å². The van der Waals surface area contributed by atoms with Crippen molar-refractivity contribution in [1.29, 1.82) is 0 Å². The molecule has 0 radical (unpaired) electrons. The van der Waals surface area contributed by atoms with Gasteiger partial charge in [-0.3, -0.25) is 4.79 Å². The molecule has 0 aliphatic rings. The number of hydrogen-bond acceptors (Lipinski definition) is 5. The lowest BCUT2D eigenvalue weighted by molar-refractivity contribution is 0.101. The number of para-hydroxylation sites is 2. The Kier molecular flexibility index (Phi) is 10.0. The van der Waals surface area contributed by atoms with Gasteiger partial charge >= 0.3 is 0 Å². The van der Waals surface area contributed by atoms with E-state index in [4.69, 9.17) is 4.74 Å². The molecule has 0 saturated carbocycles. The van der Waals surface area contributed by atoms with E-state index in [2.05, 4.69) is 15.5 Å². The van der Waals surface area contributed by atoms with Gasteiger partial charge in [-0.05, 0) is 24.3 Å². The van der Waals surface area contributed by atoms with Crippen LogP contribution in [0.4, 0.5) is 11.5 Å². The summed E-state index contributed by atoms with van der Waals surface area (Å²) in [6.07, 6.45) is 0. The molecule has 1 N–H and O–H groups in total. The molecule has 0 atom stereocenters. The Balaban J connectivity index is 0.00000102. The van der Waals surface area contributed by atoms with E-state index < -0.39 is 0 Å². The van der Waals surface area contributed by atoms with Crippen LogP contribution in [0, 0.1) is 0 Å². The van der Waals surface area contributed by atoms with Gasteiger partial charge < -0.3 is 10.1 Å². The predicted molar refractivity (Wildman–Crippen MR) is 91.0 cm³/mol. The first-order valence-electron chi connectivity index (χ1n) is 7.45. The largest absolute Gasteiger partial charge is 0.495 e. The summed E-state index contributed by atoms with van der Waals surface area (Å²) in [5.74, 6) is 1.17. The summed E-state index contributed by atoms with van der Waals surface area (Å²) in [6, 6.07) is 10.8. The minimum atomic E-state index is -0.105. The van der Waals surface area contributed by atoms with Crippen molar-refractivity contribution in [1.82, 2.24) is 10.2 Å². The number of rotatable bonds is 4. The maximum atomic E-state index is 11.1. The number of benzene rings is 1. The molecule has 0 saturated heterocycles. The first-order valence-corrected chi connectivity index (χ1v) is 7.45. The van der Waals surface area contributed by atoms with Crippen LogP contribution in [0.3, 0.4) is 0 Å². The van der Waals surface area contributed by atoms with Gasteiger partial charge in [0.25, 0.3) is 0 Å². The molecular weight excluding hydrogens is 278 g/mol. The topological polar surface area (TPSA) is 64.1 Å². The molecule has 0 unspecified atom stereocenters. The molecule has 1 aromatic heterocycles. The number of ketones is 1. The SMILES string of the molecule is CC.CC.COc1ccccc1Nc1ccc(C(C)=O)nn1. The standard InChI is InChI=1S/C13H13N3O2.2C2H6/c1-9(17)10-7-8-13(16-15-10)14-11-5-3-4-6-12(11)18-2;2*1-2/h3-8H,1-2H3,(H,14,16);2*1-2H3. The highest BCUT2D eigenvalue weighted by Crippen LogP contribution is 2.25. The molecule has 2 aromatic rings. The number of nitrogens with one attached hydrogen (secondary N) is 1. The molecule has 0 aliphatic heterocycles. The monoisotopic (exact) mass is 303 g/mol. The minimum Gasteiger partial charge on any atom is -0.495 e. The third-order valence-corrected chi connectivity index (χ3v) is 2.39. The van der Waals surface area contributed by atoms with Crippen LogP contribution in [0.15, 0.2) is 36.4 Å². The highest BCUT2D eigenvalue weighted by molar-refractivity contribution is 5.92. The van der Waals surface area contributed by atoms with Gasteiger partial charge in [0.05, 0.1) is 12.8 Å². The summed E-state index contributed by atoms with van der Waals surface area (Å²) in [4.78, 5) is 11.1. The molecule has 0 aliphatic carbocycles. The fourth-order valence-corrected chi connectivity index (χ4v) is 1.47. The Labute approximate surface area is 132 Å². The van der Waals surface area contributed by atoms with E-state index in [1.165, 1.54) is 6.92 Å². The molecule has 0 fully saturated rings. The van der Waals surface area contributed by atoms with Crippen LogP contribution in [0.1, 0.15) is 45.1 Å². The van der Waals surface area contributed by atoms with Crippen molar-refractivity contribution in [2.45, 2.75) is 34.6 Å². The smallest absolute Gasteiger partial charge is 0.180 e. The summed E-state index contributed by atoms with van der Waals surface area (Å²) >= 11 is 0. The zero-order valence-corrected chi connectivity index (χ0v) is 14.2. The summed E-state index contributed by atoms with van der Waals surface area (Å²) in [5.41, 5.74) is 1.14. The predicted octanol–water partition coefficient (Wildman–Crippen LogP) is 4.48. The van der Waals surface area contributed by atoms with Crippen LogP contribution >= 0.6 is 0 Å². The van der Waals surface area contributed by atoms with Crippen molar-refractivity contribution < 1.29 is 9.53 Å². The molecule has 5 heteroatoms. The van der Waals surface area contributed by atoms with E-state index in [1.54, 1.807) is 19.2 Å². The van der Waals surface area contributed by atoms with Crippen LogP contribution < -0.4 is 10.1 Å². The molecule has 22 heavy (non-hydrogen) atoms. The number of carbonyl (C=O) groups excluding carboxylic acids is 1. The molecule has 1 heterocycles. The lowest BCUT2D eigenvalue weighted by Gasteiger charge is -2.09. The fourth-order valence-electron chi connectivity index (χ4n) is 1.47. The third kappa shape index (κ3) is 5.91. The van der Waals surface area contributed by atoms with E-state index in [0.29, 0.717) is 11.5 Å². The van der Waals surface area contributed by atoms with Crippen LogP contribution in [0.5, 0.6) is 5.75 Å². The number of hydrogen-bond donors (Lipinski definition) is 1.